The molecule has 0 spiro atoms. The van der Waals surface area contributed by atoms with E-state index in [2.05, 4.69) is 34.9 Å². The van der Waals surface area contributed by atoms with Gasteiger partial charge in [0.05, 0.1) is 24.4 Å². The normalized spacial score (nSPS) is 36.6. The van der Waals surface area contributed by atoms with Crippen molar-refractivity contribution in [2.24, 2.45) is 29.6 Å². The number of rotatable bonds is 8. The monoisotopic (exact) mass is 1240 g/mol. The average molecular weight is 1240 g/mol. The molecule has 5 heterocycles. The van der Waals surface area contributed by atoms with Crippen molar-refractivity contribution >= 4 is 63.7 Å². The minimum Gasteiger partial charge on any atom is -0.495 e. The van der Waals surface area contributed by atoms with Crippen LogP contribution in [0.15, 0.2) is 12.1 Å². The van der Waals surface area contributed by atoms with Gasteiger partial charge in [-0.15, -0.1) is 0 Å². The van der Waals surface area contributed by atoms with Gasteiger partial charge < -0.3 is 61.6 Å². The van der Waals surface area contributed by atoms with Crippen LogP contribution in [0.4, 0.5) is 30.7 Å². The van der Waals surface area contributed by atoms with E-state index in [9.17, 15) is 69.1 Å². The van der Waals surface area contributed by atoms with E-state index >= 15 is 0 Å². The summed E-state index contributed by atoms with van der Waals surface area (Å²) in [5, 5.41) is -0.696. The van der Waals surface area contributed by atoms with E-state index in [0.29, 0.717) is 0 Å². The van der Waals surface area contributed by atoms with Gasteiger partial charge in [0.15, 0.2) is 36.5 Å². The lowest BCUT2D eigenvalue weighted by molar-refractivity contribution is -0.333. The van der Waals surface area contributed by atoms with Crippen molar-refractivity contribution in [2.45, 2.75) is 234 Å². The maximum atomic E-state index is 14.0. The molecule has 462 valence electrons. The second-order valence-electron chi connectivity index (χ2n) is 19.7. The van der Waals surface area contributed by atoms with E-state index in [0.717, 1.165) is 34.0 Å². The van der Waals surface area contributed by atoms with Crippen molar-refractivity contribution in [3.63, 3.8) is 0 Å². The highest BCUT2D eigenvalue weighted by molar-refractivity contribution is 9.09. The van der Waals surface area contributed by atoms with Crippen LogP contribution in [-0.4, -0.2) is 157 Å². The minimum absolute atomic E-state index is 0.129. The molecule has 0 aromatic rings. The Morgan fingerprint density at radius 2 is 0.750 bits per heavy atom. The molecule has 21 nitrogen and oxygen atoms in total. The topological polar surface area (TPSA) is 257 Å². The molecule has 29 heteroatoms. The first-order valence-corrected chi connectivity index (χ1v) is 26.2. The quantitative estimate of drug-likeness (QED) is 0.0964. The molecule has 4 fully saturated rings. The second-order valence-corrected chi connectivity index (χ2v) is 20.6. The first-order chi connectivity index (χ1) is 36.6. The summed E-state index contributed by atoms with van der Waals surface area (Å²) in [4.78, 5) is 86.4. The highest BCUT2D eigenvalue weighted by atomic mass is 79.9. The van der Waals surface area contributed by atoms with E-state index in [4.69, 9.17) is 42.6 Å². The van der Waals surface area contributed by atoms with Crippen LogP contribution in [0.5, 0.6) is 0 Å². The molecule has 0 aliphatic carbocycles. The SMILES string of the molecule is CC(=O)OC1O[C@@H](C)[C@@H](C)[C@@H](OC(C)=O)[C@@H]1F.CC(=O)O[C@@H]1O[C@@H](C)[C@@H](C)[C@@H](OC(C)=O)C1(F)F.CC(=O)O[C@@H]1[C@H](C)[C@H](C)O[C@@H](Br)[C@H]1F.CC(=O)O[C@H]1C(F)=CO[C@@H](C)[C@H]1C.CC(=O)O[C@H]1O[C@@H](C)[C@@H](C)[C@@H](OC(C)=O)C1(F)F. The number of hydrogen-bond acceptors (Lipinski definition) is 21. The summed E-state index contributed by atoms with van der Waals surface area (Å²) >= 11 is 3.06. The molecule has 0 saturated carbocycles. The standard InChI is InChI=1S/2C11H16F2O5.C11H17FO5.C9H14BrFO3.C9H13FO3/c2*1-5-6(2)16-10(18-8(4)15)11(12,13)9(5)17-7(3)14;1-5-6(2)15-11(17-8(4)14)9(12)10(5)16-7(3)13;1-4-5(2)13-9(10)7(11)8(4)14-6(3)12;1-5-6(2)12-4-8(10)9(5)13-7(3)11/h2*5-6,9-10H,1-4H3;5-6,9-11H,1-4H3;4-5,7-9H,1-3H3;4-6,9H,1-3H3/t5-,6+,9-,10+;5-,6+,9-,10-;5-,6+,9+,10-,11?;4-,5+,7+,8-,9-;5-,6+,9-/m11111/s1. The minimum atomic E-state index is -3.58. The van der Waals surface area contributed by atoms with Crippen molar-refractivity contribution in [1.29, 1.82) is 0 Å². The Balaban J connectivity index is 0.000000503. The maximum Gasteiger partial charge on any atom is 0.345 e. The number of alkyl halides is 7. The zero-order chi connectivity index (χ0) is 62.2. The van der Waals surface area contributed by atoms with Gasteiger partial charge in [0, 0.05) is 85.0 Å². The van der Waals surface area contributed by atoms with E-state index in [1.54, 1.807) is 34.6 Å². The summed E-state index contributed by atoms with van der Waals surface area (Å²) < 4.78 is 160. The van der Waals surface area contributed by atoms with Crippen LogP contribution in [0.1, 0.15) is 125 Å². The third kappa shape index (κ3) is 21.8. The van der Waals surface area contributed by atoms with Crippen LogP contribution in [0, 0.1) is 29.6 Å². The van der Waals surface area contributed by atoms with Gasteiger partial charge in [0.2, 0.25) is 6.29 Å². The van der Waals surface area contributed by atoms with E-state index in [-0.39, 0.29) is 36.1 Å². The van der Waals surface area contributed by atoms with Crippen LogP contribution >= 0.6 is 15.9 Å². The number of carbonyl (C=O) groups is 8. The zero-order valence-corrected chi connectivity index (χ0v) is 49.4. The number of halogens is 8. The molecule has 0 radical (unpaired) electrons. The summed E-state index contributed by atoms with van der Waals surface area (Å²) in [6.45, 7) is 25.7. The molecule has 0 N–H and O–H groups in total. The molecular formula is C51H76BrF7O21. The molecule has 4 saturated heterocycles. The highest BCUT2D eigenvalue weighted by Gasteiger charge is 2.61. The molecule has 0 aromatic heterocycles. The largest absolute Gasteiger partial charge is 0.495 e. The molecule has 0 bridgehead atoms. The lowest BCUT2D eigenvalue weighted by Crippen LogP contribution is -2.60. The Hall–Kier alpha value is -4.87. The first-order valence-electron chi connectivity index (χ1n) is 25.3. The van der Waals surface area contributed by atoms with Gasteiger partial charge in [-0.1, -0.05) is 50.5 Å². The average Bonchev–Trinajstić information content (AvgIpc) is 3.32. The third-order valence-corrected chi connectivity index (χ3v) is 13.8. The molecular weight excluding hydrogens is 1160 g/mol. The smallest absolute Gasteiger partial charge is 0.345 e. The van der Waals surface area contributed by atoms with Crippen LogP contribution in [0.25, 0.3) is 0 Å². The summed E-state index contributed by atoms with van der Waals surface area (Å²) in [5.74, 6) is -15.3. The fraction of sp³-hybridized carbons (Fsp3) is 0.804. The molecule has 5 aliphatic heterocycles. The van der Waals surface area contributed by atoms with Crippen molar-refractivity contribution in [2.75, 3.05) is 0 Å². The zero-order valence-electron chi connectivity index (χ0n) is 47.8. The second kappa shape index (κ2) is 32.1. The lowest BCUT2D eigenvalue weighted by Gasteiger charge is -2.42. The summed E-state index contributed by atoms with van der Waals surface area (Å²) in [6.07, 6.45) is -15.1. The van der Waals surface area contributed by atoms with Crippen LogP contribution in [0.2, 0.25) is 0 Å². The van der Waals surface area contributed by atoms with Crippen molar-refractivity contribution in [1.82, 2.24) is 0 Å². The number of carbonyl (C=O) groups excluding carboxylic acids is 8. The van der Waals surface area contributed by atoms with Crippen molar-refractivity contribution in [3.8, 4) is 0 Å². The molecule has 0 aromatic carbocycles. The number of esters is 8. The van der Waals surface area contributed by atoms with E-state index < -0.39 is 156 Å². The molecule has 1 unspecified atom stereocenters. The van der Waals surface area contributed by atoms with Crippen molar-refractivity contribution < 1.29 is 131 Å². The molecule has 0 amide bonds. The molecule has 5 aliphatic rings. The van der Waals surface area contributed by atoms with Gasteiger partial charge in [0.25, 0.3) is 12.6 Å². The van der Waals surface area contributed by atoms with Crippen molar-refractivity contribution in [3.05, 3.63) is 12.1 Å². The van der Waals surface area contributed by atoms with Crippen LogP contribution in [-0.2, 0) is 99.9 Å². The molecule has 80 heavy (non-hydrogen) atoms. The summed E-state index contributed by atoms with van der Waals surface area (Å²) in [7, 11) is 0. The van der Waals surface area contributed by atoms with Gasteiger partial charge in [-0.3, -0.25) is 38.4 Å². The Morgan fingerprint density at radius 1 is 0.425 bits per heavy atom. The fourth-order valence-electron chi connectivity index (χ4n) is 7.94. The number of ether oxygens (including phenoxy) is 13. The van der Waals surface area contributed by atoms with Gasteiger partial charge in [-0.05, 0) is 34.6 Å². The summed E-state index contributed by atoms with van der Waals surface area (Å²) in [6, 6.07) is 0. The Labute approximate surface area is 468 Å². The van der Waals surface area contributed by atoms with Gasteiger partial charge in [0.1, 0.15) is 29.6 Å². The van der Waals surface area contributed by atoms with Gasteiger partial charge in [-0.25, -0.2) is 13.2 Å². The van der Waals surface area contributed by atoms with Gasteiger partial charge in [-0.2, -0.15) is 17.6 Å². The fourth-order valence-corrected chi connectivity index (χ4v) is 8.59. The molecule has 21 atom stereocenters. The lowest BCUT2D eigenvalue weighted by atomic mass is 9.90. The Kier molecular flexibility index (Phi) is 29.3. The number of hydrogen-bond donors (Lipinski definition) is 0. The van der Waals surface area contributed by atoms with E-state index in [1.807, 2.05) is 20.8 Å². The third-order valence-electron chi connectivity index (χ3n) is 13.0. The van der Waals surface area contributed by atoms with Crippen LogP contribution < -0.4 is 0 Å². The van der Waals surface area contributed by atoms with E-state index in [1.165, 1.54) is 41.5 Å². The summed E-state index contributed by atoms with van der Waals surface area (Å²) in [5.41, 5.74) is 0. The highest BCUT2D eigenvalue weighted by Crippen LogP contribution is 2.42. The predicted octanol–water partition coefficient (Wildman–Crippen LogP) is 8.01. The van der Waals surface area contributed by atoms with Crippen LogP contribution in [0.3, 0.4) is 0 Å². The maximum absolute atomic E-state index is 14.0. The van der Waals surface area contributed by atoms with Gasteiger partial charge >= 0.3 is 59.6 Å². The predicted molar refractivity (Wildman–Crippen MR) is 265 cm³/mol. The first kappa shape index (κ1) is 73.1. The Bertz CT molecular complexity index is 2040. The molecule has 5 rings (SSSR count). The Morgan fingerprint density at radius 3 is 1.10 bits per heavy atom.